The van der Waals surface area contributed by atoms with E-state index in [9.17, 15) is 28.2 Å². The molecular weight excluding hydrogens is 269 g/mol. The number of anilines is 1. The molecule has 0 amide bonds. The van der Waals surface area contributed by atoms with Gasteiger partial charge in [-0.3, -0.25) is 4.79 Å². The Bertz CT molecular complexity index is 478. The van der Waals surface area contributed by atoms with Crippen LogP contribution in [0.15, 0.2) is 12.3 Å². The van der Waals surface area contributed by atoms with Crippen LogP contribution in [0, 0.1) is 0 Å². The van der Waals surface area contributed by atoms with Gasteiger partial charge in [0.1, 0.15) is 11.9 Å². The normalized spacial score (nSPS) is 15.0. The van der Waals surface area contributed by atoms with E-state index in [0.29, 0.717) is 12.3 Å². The van der Waals surface area contributed by atoms with Crippen molar-refractivity contribution < 1.29 is 33.3 Å². The largest absolute Gasteiger partial charge is 0.481 e. The van der Waals surface area contributed by atoms with Crippen molar-refractivity contribution >= 4 is 11.8 Å². The van der Waals surface area contributed by atoms with Gasteiger partial charge in [-0.05, 0) is 6.07 Å². The maximum Gasteiger partial charge on any atom is 0.417 e. The van der Waals surface area contributed by atoms with E-state index in [2.05, 4.69) is 4.98 Å². The van der Waals surface area contributed by atoms with Crippen LogP contribution in [0.2, 0.25) is 0 Å². The monoisotopic (exact) mass is 280 g/mol. The number of aliphatic hydroxyl groups is 2. The molecule has 0 fully saturated rings. The van der Waals surface area contributed by atoms with E-state index < -0.39 is 47.7 Å². The summed E-state index contributed by atoms with van der Waals surface area (Å²) in [6, 6.07) is 0.526. The average Bonchev–Trinajstić information content (AvgIpc) is 2.26. The van der Waals surface area contributed by atoms with Crippen LogP contribution in [0.5, 0.6) is 0 Å². The summed E-state index contributed by atoms with van der Waals surface area (Å²) >= 11 is 0. The number of carboxylic acid groups (broad SMARTS) is 1. The first-order chi connectivity index (χ1) is 8.62. The molecule has 0 saturated carbocycles. The second-order valence-electron chi connectivity index (χ2n) is 3.81. The maximum absolute atomic E-state index is 12.5. The number of halogens is 3. The predicted molar refractivity (Wildman–Crippen MR) is 56.9 cm³/mol. The van der Waals surface area contributed by atoms with Crippen molar-refractivity contribution in [2.24, 2.45) is 0 Å². The standard InChI is InChI=1S/C10H11F3N2O4/c11-10(12,13)4-1-5(9(14)15-3-4)8(19)6(16)2-7(17)18/h1,3,6,8,16,19H,2H2,(H2,14,15)(H,17,18). The van der Waals surface area contributed by atoms with E-state index >= 15 is 0 Å². The fraction of sp³-hybridized carbons (Fsp3) is 0.400. The Morgan fingerprint density at radius 2 is 2.00 bits per heavy atom. The topological polar surface area (TPSA) is 117 Å². The molecule has 9 heteroatoms. The number of rotatable bonds is 4. The Labute approximate surface area is 105 Å². The number of carboxylic acids is 1. The lowest BCUT2D eigenvalue weighted by atomic mass is 10.0. The van der Waals surface area contributed by atoms with Crippen LogP contribution >= 0.6 is 0 Å². The summed E-state index contributed by atoms with van der Waals surface area (Å²) in [6.45, 7) is 0. The summed E-state index contributed by atoms with van der Waals surface area (Å²) in [4.78, 5) is 13.6. The third-order valence-electron chi connectivity index (χ3n) is 2.34. The lowest BCUT2D eigenvalue weighted by Crippen LogP contribution is -2.23. The second kappa shape index (κ2) is 5.41. The lowest BCUT2D eigenvalue weighted by Gasteiger charge is -2.19. The molecule has 5 N–H and O–H groups in total. The molecule has 106 valence electrons. The lowest BCUT2D eigenvalue weighted by molar-refractivity contribution is -0.141. The van der Waals surface area contributed by atoms with Crippen LogP contribution in [0.25, 0.3) is 0 Å². The smallest absolute Gasteiger partial charge is 0.417 e. The molecule has 1 heterocycles. The third kappa shape index (κ3) is 3.80. The highest BCUT2D eigenvalue weighted by Gasteiger charge is 2.33. The number of aliphatic carboxylic acids is 1. The van der Waals surface area contributed by atoms with Crippen LogP contribution in [0.1, 0.15) is 23.7 Å². The molecule has 1 rings (SSSR count). The molecule has 0 bridgehead atoms. The zero-order valence-corrected chi connectivity index (χ0v) is 9.42. The quantitative estimate of drug-likeness (QED) is 0.640. The van der Waals surface area contributed by atoms with Crippen molar-refractivity contribution in [1.29, 1.82) is 0 Å². The Hall–Kier alpha value is -1.87. The molecule has 0 spiro atoms. The van der Waals surface area contributed by atoms with Crippen molar-refractivity contribution in [3.8, 4) is 0 Å². The SMILES string of the molecule is Nc1ncc(C(F)(F)F)cc1C(O)C(O)CC(=O)O. The molecule has 2 unspecified atom stereocenters. The summed E-state index contributed by atoms with van der Waals surface area (Å²) in [6.07, 6.45) is -8.70. The second-order valence-corrected chi connectivity index (χ2v) is 3.81. The van der Waals surface area contributed by atoms with Crippen LogP contribution in [0.3, 0.4) is 0 Å². The van der Waals surface area contributed by atoms with E-state index in [-0.39, 0.29) is 0 Å². The fourth-order valence-corrected chi connectivity index (χ4v) is 1.38. The van der Waals surface area contributed by atoms with Crippen molar-refractivity contribution in [3.05, 3.63) is 23.4 Å². The van der Waals surface area contributed by atoms with E-state index in [1.54, 1.807) is 0 Å². The molecule has 0 aliphatic rings. The van der Waals surface area contributed by atoms with Gasteiger partial charge < -0.3 is 21.1 Å². The van der Waals surface area contributed by atoms with Crippen LogP contribution < -0.4 is 5.73 Å². The van der Waals surface area contributed by atoms with Crippen molar-refractivity contribution in [2.75, 3.05) is 5.73 Å². The molecule has 1 aromatic rings. The predicted octanol–water partition coefficient (Wildman–Crippen LogP) is 0.552. The maximum atomic E-state index is 12.5. The zero-order valence-electron chi connectivity index (χ0n) is 9.42. The van der Waals surface area contributed by atoms with Gasteiger partial charge >= 0.3 is 12.1 Å². The molecule has 19 heavy (non-hydrogen) atoms. The first kappa shape index (κ1) is 15.2. The van der Waals surface area contributed by atoms with Gasteiger partial charge in [-0.2, -0.15) is 13.2 Å². The highest BCUT2D eigenvalue weighted by atomic mass is 19.4. The minimum Gasteiger partial charge on any atom is -0.481 e. The van der Waals surface area contributed by atoms with Gasteiger partial charge in [-0.25, -0.2) is 4.98 Å². The number of aromatic nitrogens is 1. The molecular formula is C10H11F3N2O4. The number of carbonyl (C=O) groups is 1. The fourth-order valence-electron chi connectivity index (χ4n) is 1.38. The summed E-state index contributed by atoms with van der Waals surface area (Å²) in [5.41, 5.74) is 3.68. The molecule has 0 aliphatic carbocycles. The summed E-state index contributed by atoms with van der Waals surface area (Å²) in [7, 11) is 0. The highest BCUT2D eigenvalue weighted by molar-refractivity contribution is 5.67. The molecule has 2 atom stereocenters. The minimum atomic E-state index is -4.69. The van der Waals surface area contributed by atoms with Crippen molar-refractivity contribution in [3.63, 3.8) is 0 Å². The third-order valence-corrected chi connectivity index (χ3v) is 2.34. The van der Waals surface area contributed by atoms with Crippen molar-refractivity contribution in [2.45, 2.75) is 24.8 Å². The molecule has 0 saturated heterocycles. The number of nitrogens with zero attached hydrogens (tertiary/aromatic N) is 1. The van der Waals surface area contributed by atoms with Gasteiger partial charge in [0.15, 0.2) is 0 Å². The number of nitrogens with two attached hydrogens (primary N) is 1. The van der Waals surface area contributed by atoms with Crippen LogP contribution in [-0.2, 0) is 11.0 Å². The Balaban J connectivity index is 3.08. The molecule has 1 aromatic heterocycles. The van der Waals surface area contributed by atoms with Crippen LogP contribution in [-0.4, -0.2) is 32.4 Å². The van der Waals surface area contributed by atoms with Gasteiger partial charge in [0.05, 0.1) is 18.1 Å². The highest BCUT2D eigenvalue weighted by Crippen LogP contribution is 2.32. The van der Waals surface area contributed by atoms with E-state index in [0.717, 1.165) is 0 Å². The van der Waals surface area contributed by atoms with Gasteiger partial charge in [0, 0.05) is 11.8 Å². The number of alkyl halides is 3. The van der Waals surface area contributed by atoms with E-state index in [1.807, 2.05) is 0 Å². The molecule has 0 radical (unpaired) electrons. The van der Waals surface area contributed by atoms with E-state index in [4.69, 9.17) is 10.8 Å². The van der Waals surface area contributed by atoms with Gasteiger partial charge in [-0.1, -0.05) is 0 Å². The number of pyridine rings is 1. The Morgan fingerprint density at radius 1 is 1.42 bits per heavy atom. The Morgan fingerprint density at radius 3 is 2.47 bits per heavy atom. The number of hydrogen-bond donors (Lipinski definition) is 4. The van der Waals surface area contributed by atoms with Crippen molar-refractivity contribution in [1.82, 2.24) is 4.98 Å². The summed E-state index contributed by atoms with van der Waals surface area (Å²) in [5.74, 6) is -1.82. The van der Waals surface area contributed by atoms with Gasteiger partial charge in [-0.15, -0.1) is 0 Å². The number of aliphatic hydroxyl groups excluding tert-OH is 2. The van der Waals surface area contributed by atoms with Gasteiger partial charge in [0.25, 0.3) is 0 Å². The zero-order chi connectivity index (χ0) is 14.8. The average molecular weight is 280 g/mol. The van der Waals surface area contributed by atoms with Gasteiger partial charge in [0.2, 0.25) is 0 Å². The van der Waals surface area contributed by atoms with Crippen LogP contribution in [0.4, 0.5) is 19.0 Å². The first-order valence-corrected chi connectivity index (χ1v) is 5.03. The number of hydrogen-bond acceptors (Lipinski definition) is 5. The summed E-state index contributed by atoms with van der Waals surface area (Å²) < 4.78 is 37.4. The number of nitrogen functional groups attached to an aromatic ring is 1. The minimum absolute atomic E-state index is 0.412. The van der Waals surface area contributed by atoms with E-state index in [1.165, 1.54) is 0 Å². The first-order valence-electron chi connectivity index (χ1n) is 5.03. The Kier molecular flexibility index (Phi) is 4.32. The molecule has 0 aromatic carbocycles. The molecule has 6 nitrogen and oxygen atoms in total. The molecule has 0 aliphatic heterocycles. The summed E-state index contributed by atoms with van der Waals surface area (Å²) in [5, 5.41) is 27.4.